The normalized spacial score (nSPS) is 9.27. The number of phenols is 2. The van der Waals surface area contributed by atoms with Crippen molar-refractivity contribution in [1.29, 1.82) is 0 Å². The highest BCUT2D eigenvalue weighted by Crippen LogP contribution is 2.21. The molecule has 1 aromatic carbocycles. The highest BCUT2D eigenvalue weighted by Gasteiger charge is 1.98. The van der Waals surface area contributed by atoms with Gasteiger partial charge < -0.3 is 10.2 Å². The minimum Gasteiger partial charge on any atom is -0.508 e. The van der Waals surface area contributed by atoms with Crippen molar-refractivity contribution in [3.8, 4) is 11.5 Å². The van der Waals surface area contributed by atoms with Crippen molar-refractivity contribution in [2.24, 2.45) is 0 Å². The van der Waals surface area contributed by atoms with E-state index >= 15 is 0 Å². The zero-order valence-corrected chi connectivity index (χ0v) is 9.95. The number of aromatic hydroxyl groups is 2. The Balaban J connectivity index is 0.000000921. The molecule has 0 atom stereocenters. The lowest BCUT2D eigenvalue weighted by molar-refractivity contribution is 0.449. The molecule has 0 amide bonds. The fourth-order valence-electron chi connectivity index (χ4n) is 1.38. The number of benzene rings is 1. The van der Waals surface area contributed by atoms with Crippen LogP contribution in [0.15, 0.2) is 18.2 Å². The quantitative estimate of drug-likeness (QED) is 0.741. The van der Waals surface area contributed by atoms with E-state index < -0.39 is 0 Å². The lowest BCUT2D eigenvalue weighted by Gasteiger charge is -2.02. The van der Waals surface area contributed by atoms with E-state index in [4.69, 9.17) is 0 Å². The molecule has 0 saturated carbocycles. The van der Waals surface area contributed by atoms with Gasteiger partial charge in [-0.3, -0.25) is 0 Å². The summed E-state index contributed by atoms with van der Waals surface area (Å²) in [5.41, 5.74) is 1.01. The molecule has 1 rings (SSSR count). The van der Waals surface area contributed by atoms with Gasteiger partial charge in [0.25, 0.3) is 0 Å². The van der Waals surface area contributed by atoms with E-state index in [2.05, 4.69) is 6.92 Å². The van der Waals surface area contributed by atoms with Gasteiger partial charge in [0.1, 0.15) is 11.5 Å². The molecule has 2 N–H and O–H groups in total. The number of hydrogen-bond acceptors (Lipinski definition) is 2. The second kappa shape index (κ2) is 8.16. The van der Waals surface area contributed by atoms with Crippen molar-refractivity contribution >= 4 is 0 Å². The monoisotopic (exact) mass is 210 g/mol. The van der Waals surface area contributed by atoms with Gasteiger partial charge in [0.2, 0.25) is 0 Å². The predicted molar refractivity (Wildman–Crippen MR) is 64.3 cm³/mol. The smallest absolute Gasteiger partial charge is 0.119 e. The van der Waals surface area contributed by atoms with Crippen molar-refractivity contribution in [1.82, 2.24) is 0 Å². The average Bonchev–Trinajstić information content (AvgIpc) is 2.20. The van der Waals surface area contributed by atoms with Gasteiger partial charge in [-0.1, -0.05) is 33.6 Å². The second-order valence-corrected chi connectivity index (χ2v) is 3.31. The van der Waals surface area contributed by atoms with Gasteiger partial charge >= 0.3 is 0 Å². The molecule has 0 radical (unpaired) electrons. The molecule has 1 aromatic rings. The zero-order valence-electron chi connectivity index (χ0n) is 9.95. The molecule has 0 spiro atoms. The molecule has 2 heteroatoms. The van der Waals surface area contributed by atoms with Crippen molar-refractivity contribution in [3.05, 3.63) is 23.8 Å². The first-order valence-corrected chi connectivity index (χ1v) is 5.74. The van der Waals surface area contributed by atoms with Crippen LogP contribution in [-0.4, -0.2) is 10.2 Å². The molecular weight excluding hydrogens is 188 g/mol. The minimum atomic E-state index is 0.145. The average molecular weight is 210 g/mol. The Labute approximate surface area is 92.6 Å². The molecule has 0 unspecified atom stereocenters. The van der Waals surface area contributed by atoms with Gasteiger partial charge in [-0.15, -0.1) is 0 Å². The standard InChI is InChI=1S/C11H16O2.C2H6/c1-2-3-4-5-9-6-10(12)8-11(13)7-9;1-2/h6-8,12-13H,2-5H2,1H3;1-2H3. The Morgan fingerprint density at radius 1 is 0.933 bits per heavy atom. The van der Waals surface area contributed by atoms with Crippen LogP contribution < -0.4 is 0 Å². The maximum atomic E-state index is 9.19. The van der Waals surface area contributed by atoms with Crippen LogP contribution in [0.4, 0.5) is 0 Å². The summed E-state index contributed by atoms with van der Waals surface area (Å²) in [6, 6.07) is 4.76. The first-order valence-electron chi connectivity index (χ1n) is 5.74. The van der Waals surface area contributed by atoms with Crippen LogP contribution in [0.5, 0.6) is 11.5 Å². The summed E-state index contributed by atoms with van der Waals surface area (Å²) in [6.07, 6.45) is 4.41. The Morgan fingerprint density at radius 2 is 1.47 bits per heavy atom. The Hall–Kier alpha value is -1.18. The fourth-order valence-corrected chi connectivity index (χ4v) is 1.38. The summed E-state index contributed by atoms with van der Waals surface area (Å²) in [5, 5.41) is 18.4. The second-order valence-electron chi connectivity index (χ2n) is 3.31. The highest BCUT2D eigenvalue weighted by atomic mass is 16.3. The van der Waals surface area contributed by atoms with E-state index in [0.29, 0.717) is 0 Å². The van der Waals surface area contributed by atoms with E-state index in [1.54, 1.807) is 12.1 Å². The van der Waals surface area contributed by atoms with E-state index in [0.717, 1.165) is 18.4 Å². The number of phenolic OH excluding ortho intramolecular Hbond substituents is 2. The van der Waals surface area contributed by atoms with Crippen LogP contribution in [-0.2, 0) is 6.42 Å². The highest BCUT2D eigenvalue weighted by molar-refractivity contribution is 5.36. The molecule has 15 heavy (non-hydrogen) atoms. The van der Waals surface area contributed by atoms with Crippen LogP contribution in [0.25, 0.3) is 0 Å². The maximum absolute atomic E-state index is 9.19. The maximum Gasteiger partial charge on any atom is 0.119 e. The van der Waals surface area contributed by atoms with Crippen molar-refractivity contribution in [3.63, 3.8) is 0 Å². The molecule has 0 aliphatic carbocycles. The molecule has 0 heterocycles. The molecule has 0 bridgehead atoms. The van der Waals surface area contributed by atoms with Crippen LogP contribution in [0.1, 0.15) is 45.6 Å². The summed E-state index contributed by atoms with van der Waals surface area (Å²) < 4.78 is 0. The summed E-state index contributed by atoms with van der Waals surface area (Å²) in [4.78, 5) is 0. The molecule has 0 aliphatic rings. The van der Waals surface area contributed by atoms with Gasteiger partial charge in [-0.2, -0.15) is 0 Å². The van der Waals surface area contributed by atoms with Gasteiger partial charge in [0, 0.05) is 6.07 Å². The third-order valence-electron chi connectivity index (χ3n) is 2.03. The third kappa shape index (κ3) is 6.00. The molecule has 0 aromatic heterocycles. The largest absolute Gasteiger partial charge is 0.508 e. The molecule has 0 fully saturated rings. The lowest BCUT2D eigenvalue weighted by atomic mass is 10.1. The van der Waals surface area contributed by atoms with Crippen LogP contribution in [0, 0.1) is 0 Å². The van der Waals surface area contributed by atoms with Crippen LogP contribution in [0.2, 0.25) is 0 Å². The summed E-state index contributed by atoms with van der Waals surface area (Å²) in [7, 11) is 0. The fraction of sp³-hybridized carbons (Fsp3) is 0.538. The number of unbranched alkanes of at least 4 members (excludes halogenated alkanes) is 2. The van der Waals surface area contributed by atoms with E-state index in [1.807, 2.05) is 13.8 Å². The molecule has 0 aliphatic heterocycles. The Morgan fingerprint density at radius 3 is 1.93 bits per heavy atom. The van der Waals surface area contributed by atoms with Gasteiger partial charge in [0.15, 0.2) is 0 Å². The summed E-state index contributed by atoms with van der Waals surface area (Å²) in [6.45, 7) is 6.15. The Kier molecular flexibility index (Phi) is 7.51. The summed E-state index contributed by atoms with van der Waals surface area (Å²) in [5.74, 6) is 0.290. The van der Waals surface area contributed by atoms with Crippen molar-refractivity contribution in [2.75, 3.05) is 0 Å². The number of aryl methyl sites for hydroxylation is 1. The van der Waals surface area contributed by atoms with Crippen LogP contribution >= 0.6 is 0 Å². The predicted octanol–water partition coefficient (Wildman–Crippen LogP) is 3.86. The molecule has 86 valence electrons. The SMILES string of the molecule is CC.CCCCCc1cc(O)cc(O)c1. The molecular formula is C13H22O2. The van der Waals surface area contributed by atoms with Crippen molar-refractivity contribution in [2.45, 2.75) is 46.5 Å². The van der Waals surface area contributed by atoms with Crippen molar-refractivity contribution < 1.29 is 10.2 Å². The van der Waals surface area contributed by atoms with Gasteiger partial charge in [-0.25, -0.2) is 0 Å². The first kappa shape index (κ1) is 13.8. The van der Waals surface area contributed by atoms with Crippen LogP contribution in [0.3, 0.4) is 0 Å². The lowest BCUT2D eigenvalue weighted by Crippen LogP contribution is -1.84. The van der Waals surface area contributed by atoms with E-state index in [1.165, 1.54) is 18.9 Å². The molecule has 2 nitrogen and oxygen atoms in total. The van der Waals surface area contributed by atoms with E-state index in [-0.39, 0.29) is 11.5 Å². The zero-order chi connectivity index (χ0) is 11.7. The van der Waals surface area contributed by atoms with E-state index in [9.17, 15) is 10.2 Å². The first-order chi connectivity index (χ1) is 7.22. The van der Waals surface area contributed by atoms with Gasteiger partial charge in [0.05, 0.1) is 0 Å². The topological polar surface area (TPSA) is 40.5 Å². The number of rotatable bonds is 4. The Bertz CT molecular complexity index is 249. The van der Waals surface area contributed by atoms with Gasteiger partial charge in [-0.05, 0) is 30.5 Å². The minimum absolute atomic E-state index is 0.145. The molecule has 0 saturated heterocycles. The number of hydrogen-bond donors (Lipinski definition) is 2. The summed E-state index contributed by atoms with van der Waals surface area (Å²) >= 11 is 0. The third-order valence-corrected chi connectivity index (χ3v) is 2.03.